The number of ether oxygens (including phenoxy) is 2. The van der Waals surface area contributed by atoms with E-state index in [1.165, 1.54) is 6.07 Å². The van der Waals surface area contributed by atoms with Crippen LogP contribution in [-0.4, -0.2) is 30.8 Å². The number of amides is 1. The summed E-state index contributed by atoms with van der Waals surface area (Å²) in [6.07, 6.45) is -1.11. The number of carbonyl (C=O) groups is 1. The number of benzene rings is 2. The number of nitrogens with one attached hydrogen (secondary N) is 1. The largest absolute Gasteiger partial charge is 0.490 e. The number of rotatable bonds is 9. The van der Waals surface area contributed by atoms with Gasteiger partial charge in [0.15, 0.2) is 23.1 Å². The van der Waals surface area contributed by atoms with Gasteiger partial charge in [0, 0.05) is 11.0 Å². The standard InChI is InChI=1S/C20H22BrF2NO4/c1-3-27-18-8-13(14(21)10-19(18)28-4-2)9-20(26)24-11-17(25)12-5-6-15(22)16(23)7-12/h5-8,10,17,25H,3-4,9,11H2,1-2H3,(H,24,26). The van der Waals surface area contributed by atoms with Crippen LogP contribution in [0.3, 0.4) is 0 Å². The SMILES string of the molecule is CCOc1cc(Br)c(CC(=O)NCC(O)c2ccc(F)c(F)c2)cc1OCC. The lowest BCUT2D eigenvalue weighted by Gasteiger charge is -2.15. The second-order valence-corrected chi connectivity index (χ2v) is 6.78. The summed E-state index contributed by atoms with van der Waals surface area (Å²) in [5.41, 5.74) is 0.867. The fourth-order valence-electron chi connectivity index (χ4n) is 2.53. The third kappa shape index (κ3) is 5.90. The van der Waals surface area contributed by atoms with Crippen molar-refractivity contribution in [3.63, 3.8) is 0 Å². The van der Waals surface area contributed by atoms with Crippen molar-refractivity contribution >= 4 is 21.8 Å². The predicted molar refractivity (Wildman–Crippen MR) is 105 cm³/mol. The van der Waals surface area contributed by atoms with E-state index in [2.05, 4.69) is 21.2 Å². The zero-order chi connectivity index (χ0) is 20.7. The van der Waals surface area contributed by atoms with Crippen LogP contribution in [0.4, 0.5) is 8.78 Å². The molecule has 0 bridgehead atoms. The van der Waals surface area contributed by atoms with Crippen molar-refractivity contribution in [3.8, 4) is 11.5 Å². The van der Waals surface area contributed by atoms with Gasteiger partial charge in [-0.15, -0.1) is 0 Å². The predicted octanol–water partition coefficient (Wildman–Crippen LogP) is 3.92. The first-order valence-electron chi connectivity index (χ1n) is 8.83. The molecule has 1 atom stereocenters. The Morgan fingerprint density at radius 1 is 1.11 bits per heavy atom. The van der Waals surface area contributed by atoms with Gasteiger partial charge in [0.1, 0.15) is 0 Å². The van der Waals surface area contributed by atoms with E-state index in [1.54, 1.807) is 12.1 Å². The minimum Gasteiger partial charge on any atom is -0.490 e. The number of halogens is 3. The summed E-state index contributed by atoms with van der Waals surface area (Å²) in [6, 6.07) is 6.58. The van der Waals surface area contributed by atoms with E-state index in [-0.39, 0.29) is 24.4 Å². The van der Waals surface area contributed by atoms with Crippen molar-refractivity contribution < 1.29 is 28.2 Å². The van der Waals surface area contributed by atoms with E-state index < -0.39 is 17.7 Å². The Balaban J connectivity index is 2.01. The highest BCUT2D eigenvalue weighted by atomic mass is 79.9. The van der Waals surface area contributed by atoms with Crippen LogP contribution >= 0.6 is 15.9 Å². The monoisotopic (exact) mass is 457 g/mol. The number of carbonyl (C=O) groups excluding carboxylic acids is 1. The van der Waals surface area contributed by atoms with Crippen LogP contribution in [0.1, 0.15) is 31.1 Å². The maximum absolute atomic E-state index is 13.3. The van der Waals surface area contributed by atoms with Gasteiger partial charge in [0.2, 0.25) is 5.91 Å². The van der Waals surface area contributed by atoms with E-state index in [9.17, 15) is 18.7 Å². The lowest BCUT2D eigenvalue weighted by atomic mass is 10.1. The summed E-state index contributed by atoms with van der Waals surface area (Å²) in [4.78, 5) is 12.3. The Morgan fingerprint density at radius 3 is 2.36 bits per heavy atom. The highest BCUT2D eigenvalue weighted by Gasteiger charge is 2.16. The summed E-state index contributed by atoms with van der Waals surface area (Å²) in [6.45, 7) is 4.52. The minimum absolute atomic E-state index is 0.0392. The van der Waals surface area contributed by atoms with Gasteiger partial charge in [-0.3, -0.25) is 4.79 Å². The van der Waals surface area contributed by atoms with Crippen LogP contribution in [0.2, 0.25) is 0 Å². The maximum atomic E-state index is 13.3. The molecule has 0 aromatic heterocycles. The van der Waals surface area contributed by atoms with E-state index in [1.807, 2.05) is 13.8 Å². The van der Waals surface area contributed by atoms with Crippen LogP contribution in [0, 0.1) is 11.6 Å². The molecule has 0 saturated carbocycles. The Bertz CT molecular complexity index is 832. The van der Waals surface area contributed by atoms with Crippen LogP contribution < -0.4 is 14.8 Å². The Morgan fingerprint density at radius 2 is 1.75 bits per heavy atom. The van der Waals surface area contributed by atoms with E-state index in [0.29, 0.717) is 34.7 Å². The molecule has 1 amide bonds. The first kappa shape index (κ1) is 22.1. The average Bonchev–Trinajstić information content (AvgIpc) is 2.66. The number of hydrogen-bond acceptors (Lipinski definition) is 4. The molecule has 2 rings (SSSR count). The summed E-state index contributed by atoms with van der Waals surface area (Å²) in [5.74, 6) is -1.27. The fraction of sp³-hybridized carbons (Fsp3) is 0.350. The second-order valence-electron chi connectivity index (χ2n) is 5.93. The quantitative estimate of drug-likeness (QED) is 0.598. The van der Waals surface area contributed by atoms with E-state index >= 15 is 0 Å². The molecule has 0 aliphatic carbocycles. The molecule has 5 nitrogen and oxygen atoms in total. The van der Waals surface area contributed by atoms with Gasteiger partial charge in [0.25, 0.3) is 0 Å². The normalized spacial score (nSPS) is 11.8. The Labute approximate surface area is 170 Å². The van der Waals surface area contributed by atoms with Crippen LogP contribution in [0.25, 0.3) is 0 Å². The smallest absolute Gasteiger partial charge is 0.224 e. The molecule has 8 heteroatoms. The summed E-state index contributed by atoms with van der Waals surface area (Å²) < 4.78 is 38.0. The number of hydrogen-bond donors (Lipinski definition) is 2. The lowest BCUT2D eigenvalue weighted by molar-refractivity contribution is -0.120. The molecule has 2 N–H and O–H groups in total. The first-order chi connectivity index (χ1) is 13.3. The van der Waals surface area contributed by atoms with Crippen LogP contribution in [0.5, 0.6) is 11.5 Å². The van der Waals surface area contributed by atoms with Gasteiger partial charge < -0.3 is 19.9 Å². The second kappa shape index (κ2) is 10.4. The van der Waals surface area contributed by atoms with Crippen molar-refractivity contribution in [2.75, 3.05) is 19.8 Å². The van der Waals surface area contributed by atoms with E-state index in [4.69, 9.17) is 9.47 Å². The Hall–Kier alpha value is -2.19. The molecule has 152 valence electrons. The van der Waals surface area contributed by atoms with Crippen molar-refractivity contribution in [3.05, 3.63) is 57.6 Å². The van der Waals surface area contributed by atoms with Gasteiger partial charge in [0.05, 0.1) is 25.7 Å². The molecular formula is C20H22BrF2NO4. The molecule has 0 fully saturated rings. The van der Waals surface area contributed by atoms with Gasteiger partial charge in [-0.1, -0.05) is 22.0 Å². The van der Waals surface area contributed by atoms with Crippen molar-refractivity contribution in [2.45, 2.75) is 26.4 Å². The molecule has 0 saturated heterocycles. The summed E-state index contributed by atoms with van der Waals surface area (Å²) in [5, 5.41) is 12.6. The third-order valence-corrected chi connectivity index (χ3v) is 4.62. The van der Waals surface area contributed by atoms with Crippen LogP contribution in [-0.2, 0) is 11.2 Å². The van der Waals surface area contributed by atoms with Crippen LogP contribution in [0.15, 0.2) is 34.8 Å². The minimum atomic E-state index is -1.15. The molecule has 28 heavy (non-hydrogen) atoms. The molecule has 2 aromatic carbocycles. The molecule has 0 spiro atoms. The highest BCUT2D eigenvalue weighted by Crippen LogP contribution is 2.34. The van der Waals surface area contributed by atoms with Crippen molar-refractivity contribution in [1.82, 2.24) is 5.32 Å². The Kier molecular flexibility index (Phi) is 8.19. The van der Waals surface area contributed by atoms with Gasteiger partial charge in [-0.2, -0.15) is 0 Å². The molecule has 0 aliphatic heterocycles. The molecule has 0 aliphatic rings. The van der Waals surface area contributed by atoms with E-state index in [0.717, 1.165) is 12.1 Å². The van der Waals surface area contributed by atoms with Crippen molar-refractivity contribution in [1.29, 1.82) is 0 Å². The molecule has 2 aromatic rings. The first-order valence-corrected chi connectivity index (χ1v) is 9.62. The maximum Gasteiger partial charge on any atom is 0.224 e. The molecule has 0 heterocycles. The van der Waals surface area contributed by atoms with Gasteiger partial charge >= 0.3 is 0 Å². The fourth-order valence-corrected chi connectivity index (χ4v) is 3.00. The van der Waals surface area contributed by atoms with Crippen molar-refractivity contribution in [2.24, 2.45) is 0 Å². The zero-order valence-corrected chi connectivity index (χ0v) is 17.2. The molecule has 0 radical (unpaired) electrons. The molecule has 1 unspecified atom stereocenters. The van der Waals surface area contributed by atoms with Gasteiger partial charge in [-0.05, 0) is 49.2 Å². The molecular weight excluding hydrogens is 436 g/mol. The summed E-state index contributed by atoms with van der Waals surface area (Å²) in [7, 11) is 0. The summed E-state index contributed by atoms with van der Waals surface area (Å²) >= 11 is 3.42. The number of aliphatic hydroxyl groups excluding tert-OH is 1. The third-order valence-electron chi connectivity index (χ3n) is 3.88. The lowest BCUT2D eigenvalue weighted by Crippen LogP contribution is -2.29. The zero-order valence-electron chi connectivity index (χ0n) is 15.6. The number of aliphatic hydroxyl groups is 1. The highest BCUT2D eigenvalue weighted by molar-refractivity contribution is 9.10. The van der Waals surface area contributed by atoms with Gasteiger partial charge in [-0.25, -0.2) is 8.78 Å². The average molecular weight is 458 g/mol. The topological polar surface area (TPSA) is 67.8 Å².